The molecule has 0 saturated heterocycles. The number of rotatable bonds is 2. The summed E-state index contributed by atoms with van der Waals surface area (Å²) in [4.78, 5) is 4.26. The van der Waals surface area contributed by atoms with Crippen molar-refractivity contribution in [2.45, 2.75) is 13.0 Å². The van der Waals surface area contributed by atoms with Crippen molar-refractivity contribution in [3.05, 3.63) is 34.9 Å². The molecule has 0 aliphatic carbocycles. The van der Waals surface area contributed by atoms with Gasteiger partial charge < -0.3 is 4.74 Å². The van der Waals surface area contributed by atoms with E-state index in [9.17, 15) is 0 Å². The number of aromatic nitrogens is 1. The first-order valence-electron chi connectivity index (χ1n) is 4.82. The Kier molecular flexibility index (Phi) is 3.07. The Morgan fingerprint density at radius 3 is 3.00 bits per heavy atom. The molecule has 0 aliphatic heterocycles. The van der Waals surface area contributed by atoms with E-state index in [-0.39, 0.29) is 0 Å². The summed E-state index contributed by atoms with van der Waals surface area (Å²) in [6, 6.07) is 9.56. The zero-order valence-corrected chi connectivity index (χ0v) is 10.2. The molecule has 80 valence electrons. The average molecular weight is 277 g/mol. The minimum absolute atomic E-state index is 0.480. The topological polar surface area (TPSA) is 45.9 Å². The maximum Gasteiger partial charge on any atom is 0.181 e. The summed E-state index contributed by atoms with van der Waals surface area (Å²) in [5.74, 6) is 0.632. The van der Waals surface area contributed by atoms with E-state index in [0.29, 0.717) is 5.75 Å². The maximum atomic E-state index is 8.72. The van der Waals surface area contributed by atoms with Gasteiger partial charge >= 0.3 is 0 Å². The molecule has 3 nitrogen and oxygen atoms in total. The van der Waals surface area contributed by atoms with Gasteiger partial charge in [0, 0.05) is 16.1 Å². The molecule has 16 heavy (non-hydrogen) atoms. The second-order valence-corrected chi connectivity index (χ2v) is 4.19. The third-order valence-electron chi connectivity index (χ3n) is 2.16. The van der Waals surface area contributed by atoms with Crippen LogP contribution in [0.25, 0.3) is 10.9 Å². The van der Waals surface area contributed by atoms with Crippen molar-refractivity contribution in [1.82, 2.24) is 4.98 Å². The SMILES string of the molecule is CC(C#N)Oc1ccc(Br)c2cccnc12. The largest absolute Gasteiger partial charge is 0.474 e. The predicted octanol–water partition coefficient (Wildman–Crippen LogP) is 3.29. The number of ether oxygens (including phenoxy) is 1. The van der Waals surface area contributed by atoms with Crippen molar-refractivity contribution < 1.29 is 4.74 Å². The lowest BCUT2D eigenvalue weighted by molar-refractivity contribution is 0.279. The van der Waals surface area contributed by atoms with Crippen LogP contribution >= 0.6 is 15.9 Å². The van der Waals surface area contributed by atoms with Gasteiger partial charge in [0.05, 0.1) is 0 Å². The van der Waals surface area contributed by atoms with Crippen LogP contribution < -0.4 is 4.74 Å². The van der Waals surface area contributed by atoms with E-state index in [1.165, 1.54) is 0 Å². The smallest absolute Gasteiger partial charge is 0.181 e. The molecule has 1 aromatic heterocycles. The lowest BCUT2D eigenvalue weighted by atomic mass is 10.2. The van der Waals surface area contributed by atoms with Crippen LogP contribution in [0.2, 0.25) is 0 Å². The van der Waals surface area contributed by atoms with Gasteiger partial charge in [-0.1, -0.05) is 22.0 Å². The van der Waals surface area contributed by atoms with Gasteiger partial charge in [0.1, 0.15) is 17.3 Å². The van der Waals surface area contributed by atoms with Crippen molar-refractivity contribution >= 4 is 26.8 Å². The quantitative estimate of drug-likeness (QED) is 0.846. The zero-order valence-electron chi connectivity index (χ0n) is 8.64. The van der Waals surface area contributed by atoms with Crippen LogP contribution in [0.3, 0.4) is 0 Å². The highest BCUT2D eigenvalue weighted by molar-refractivity contribution is 9.10. The molecule has 1 heterocycles. The van der Waals surface area contributed by atoms with Crippen molar-refractivity contribution in [2.75, 3.05) is 0 Å². The van der Waals surface area contributed by atoms with Crippen molar-refractivity contribution in [1.29, 1.82) is 5.26 Å². The highest BCUT2D eigenvalue weighted by atomic mass is 79.9. The first-order chi connectivity index (χ1) is 7.72. The van der Waals surface area contributed by atoms with Gasteiger partial charge in [0.25, 0.3) is 0 Å². The molecule has 0 amide bonds. The van der Waals surface area contributed by atoms with Crippen LogP contribution in [0.4, 0.5) is 0 Å². The molecule has 1 atom stereocenters. The third-order valence-corrected chi connectivity index (χ3v) is 2.86. The molecule has 2 rings (SSSR count). The molecule has 0 bridgehead atoms. The van der Waals surface area contributed by atoms with Gasteiger partial charge in [-0.25, -0.2) is 0 Å². The highest BCUT2D eigenvalue weighted by Gasteiger charge is 2.08. The standard InChI is InChI=1S/C12H9BrN2O/c1-8(7-14)16-11-5-4-10(13)9-3-2-6-15-12(9)11/h2-6,8H,1H3. The van der Waals surface area contributed by atoms with Crippen molar-refractivity contribution in [3.63, 3.8) is 0 Å². The summed E-state index contributed by atoms with van der Waals surface area (Å²) >= 11 is 3.45. The minimum Gasteiger partial charge on any atom is -0.474 e. The number of fused-ring (bicyclic) bond motifs is 1. The van der Waals surface area contributed by atoms with Crippen LogP contribution in [0, 0.1) is 11.3 Å². The van der Waals surface area contributed by atoms with E-state index in [1.807, 2.05) is 30.3 Å². The molecule has 0 radical (unpaired) electrons. The van der Waals surface area contributed by atoms with E-state index in [4.69, 9.17) is 10.00 Å². The Morgan fingerprint density at radius 2 is 2.25 bits per heavy atom. The summed E-state index contributed by atoms with van der Waals surface area (Å²) < 4.78 is 6.45. The van der Waals surface area contributed by atoms with Gasteiger partial charge in [-0.3, -0.25) is 4.98 Å². The second-order valence-electron chi connectivity index (χ2n) is 3.33. The lowest BCUT2D eigenvalue weighted by Gasteiger charge is -2.10. The Labute approximate surface area is 102 Å². The number of halogens is 1. The fourth-order valence-electron chi connectivity index (χ4n) is 1.42. The summed E-state index contributed by atoms with van der Waals surface area (Å²) in [7, 11) is 0. The number of hydrogen-bond donors (Lipinski definition) is 0. The monoisotopic (exact) mass is 276 g/mol. The second kappa shape index (κ2) is 4.50. The number of pyridine rings is 1. The van der Waals surface area contributed by atoms with E-state index in [0.717, 1.165) is 15.4 Å². The molecule has 4 heteroatoms. The Morgan fingerprint density at radius 1 is 1.44 bits per heavy atom. The molecule has 0 saturated carbocycles. The van der Waals surface area contributed by atoms with Crippen LogP contribution in [-0.2, 0) is 0 Å². The molecule has 1 unspecified atom stereocenters. The predicted molar refractivity (Wildman–Crippen MR) is 65.1 cm³/mol. The van der Waals surface area contributed by atoms with E-state index >= 15 is 0 Å². The fraction of sp³-hybridized carbons (Fsp3) is 0.167. The summed E-state index contributed by atoms with van der Waals surface area (Å²) in [6.45, 7) is 1.71. The Bertz CT molecular complexity index is 562. The average Bonchev–Trinajstić information content (AvgIpc) is 2.33. The minimum atomic E-state index is -0.480. The van der Waals surface area contributed by atoms with Gasteiger partial charge in [-0.05, 0) is 25.1 Å². The van der Waals surface area contributed by atoms with Crippen LogP contribution in [0.15, 0.2) is 34.9 Å². The molecular weight excluding hydrogens is 268 g/mol. The molecular formula is C12H9BrN2O. The molecule has 0 spiro atoms. The van der Waals surface area contributed by atoms with Gasteiger partial charge in [0.15, 0.2) is 6.10 Å². The third kappa shape index (κ3) is 2.00. The lowest BCUT2D eigenvalue weighted by Crippen LogP contribution is -2.08. The van der Waals surface area contributed by atoms with Gasteiger partial charge in [-0.15, -0.1) is 0 Å². The number of benzene rings is 1. The summed E-state index contributed by atoms with van der Waals surface area (Å²) in [5.41, 5.74) is 0.763. The summed E-state index contributed by atoms with van der Waals surface area (Å²) in [5, 5.41) is 9.70. The Hall–Kier alpha value is -1.60. The summed E-state index contributed by atoms with van der Waals surface area (Å²) in [6.07, 6.45) is 1.23. The number of nitrogens with zero attached hydrogens (tertiary/aromatic N) is 2. The van der Waals surface area contributed by atoms with E-state index in [2.05, 4.69) is 20.9 Å². The first-order valence-corrected chi connectivity index (χ1v) is 5.61. The van der Waals surface area contributed by atoms with Crippen molar-refractivity contribution in [2.24, 2.45) is 0 Å². The van der Waals surface area contributed by atoms with Crippen molar-refractivity contribution in [3.8, 4) is 11.8 Å². The normalized spacial score (nSPS) is 12.1. The molecule has 2 aromatic rings. The highest BCUT2D eigenvalue weighted by Crippen LogP contribution is 2.30. The molecule has 0 aliphatic rings. The number of hydrogen-bond acceptors (Lipinski definition) is 3. The fourth-order valence-corrected chi connectivity index (χ4v) is 1.88. The van der Waals surface area contributed by atoms with E-state index < -0.39 is 6.10 Å². The number of nitriles is 1. The molecule has 0 fully saturated rings. The van der Waals surface area contributed by atoms with Crippen LogP contribution in [0.5, 0.6) is 5.75 Å². The molecule has 0 N–H and O–H groups in total. The van der Waals surface area contributed by atoms with Gasteiger partial charge in [-0.2, -0.15) is 5.26 Å². The maximum absolute atomic E-state index is 8.72. The molecule has 1 aromatic carbocycles. The van der Waals surface area contributed by atoms with Crippen LogP contribution in [-0.4, -0.2) is 11.1 Å². The zero-order chi connectivity index (χ0) is 11.5. The first kappa shape index (κ1) is 10.9. The van der Waals surface area contributed by atoms with Crippen LogP contribution in [0.1, 0.15) is 6.92 Å². The van der Waals surface area contributed by atoms with Gasteiger partial charge in [0.2, 0.25) is 0 Å². The van der Waals surface area contributed by atoms with E-state index in [1.54, 1.807) is 13.1 Å². The Balaban J connectivity index is 2.55.